The van der Waals surface area contributed by atoms with Crippen molar-refractivity contribution >= 4 is 28.4 Å². The van der Waals surface area contributed by atoms with Crippen LogP contribution in [0.5, 0.6) is 0 Å². The van der Waals surface area contributed by atoms with Crippen molar-refractivity contribution in [1.82, 2.24) is 9.78 Å². The second-order valence-corrected chi connectivity index (χ2v) is 6.48. The van der Waals surface area contributed by atoms with Crippen LogP contribution >= 0.6 is 23.4 Å². The first-order valence-corrected chi connectivity index (χ1v) is 7.61. The number of rotatable bonds is 4. The SMILES string of the molecule is CCn1nc(Cl)c(CSC2=NOC(C)(C)C2)c1C(F)F. The number of thioether (sulfide) groups is 1. The van der Waals surface area contributed by atoms with Crippen LogP contribution in [-0.2, 0) is 17.1 Å². The molecule has 4 nitrogen and oxygen atoms in total. The minimum Gasteiger partial charge on any atom is -0.389 e. The lowest BCUT2D eigenvalue weighted by Gasteiger charge is -2.13. The van der Waals surface area contributed by atoms with E-state index in [0.29, 0.717) is 24.3 Å². The number of nitrogens with zero attached hydrogens (tertiary/aromatic N) is 3. The fourth-order valence-electron chi connectivity index (χ4n) is 1.94. The van der Waals surface area contributed by atoms with Gasteiger partial charge in [0.1, 0.15) is 16.3 Å². The minimum absolute atomic E-state index is 0.108. The van der Waals surface area contributed by atoms with Crippen LogP contribution in [0.4, 0.5) is 8.78 Å². The van der Waals surface area contributed by atoms with Crippen LogP contribution in [0.3, 0.4) is 0 Å². The fraction of sp³-hybridized carbons (Fsp3) is 0.667. The first-order chi connectivity index (χ1) is 9.34. The standard InChI is InChI=1S/C12H16ClF2N3OS/c1-4-18-9(11(14)15)7(10(13)16-18)6-20-8-5-12(2,3)19-17-8/h11H,4-6H2,1-3H3. The molecule has 0 aliphatic carbocycles. The number of halogens is 3. The number of alkyl halides is 2. The Morgan fingerprint density at radius 1 is 1.50 bits per heavy atom. The quantitative estimate of drug-likeness (QED) is 0.832. The molecule has 0 aromatic carbocycles. The summed E-state index contributed by atoms with van der Waals surface area (Å²) >= 11 is 7.33. The second-order valence-electron chi connectivity index (χ2n) is 5.07. The summed E-state index contributed by atoms with van der Waals surface area (Å²) < 4.78 is 27.5. The molecule has 1 aliphatic rings. The van der Waals surface area contributed by atoms with Crippen molar-refractivity contribution in [2.24, 2.45) is 5.16 Å². The smallest absolute Gasteiger partial charge is 0.280 e. The summed E-state index contributed by atoms with van der Waals surface area (Å²) in [6.45, 7) is 5.97. The Hall–Kier alpha value is -0.820. The minimum atomic E-state index is -2.59. The highest BCUT2D eigenvalue weighted by atomic mass is 35.5. The highest BCUT2D eigenvalue weighted by Gasteiger charge is 2.30. The maximum atomic E-state index is 13.1. The Balaban J connectivity index is 2.12. The topological polar surface area (TPSA) is 39.4 Å². The summed E-state index contributed by atoms with van der Waals surface area (Å²) in [5.41, 5.74) is -0.0599. The van der Waals surface area contributed by atoms with Gasteiger partial charge in [-0.2, -0.15) is 5.10 Å². The van der Waals surface area contributed by atoms with Crippen molar-refractivity contribution in [2.75, 3.05) is 0 Å². The van der Waals surface area contributed by atoms with Gasteiger partial charge in [-0.1, -0.05) is 16.8 Å². The molecule has 0 fully saturated rings. The number of hydrogen-bond donors (Lipinski definition) is 0. The van der Waals surface area contributed by atoms with Gasteiger partial charge in [0, 0.05) is 24.3 Å². The summed E-state index contributed by atoms with van der Waals surface area (Å²) in [7, 11) is 0. The molecule has 0 unspecified atom stereocenters. The van der Waals surface area contributed by atoms with Crippen molar-refractivity contribution in [2.45, 2.75) is 51.5 Å². The van der Waals surface area contributed by atoms with Gasteiger partial charge in [-0.05, 0) is 20.8 Å². The van der Waals surface area contributed by atoms with Gasteiger partial charge in [0.25, 0.3) is 6.43 Å². The molecular weight excluding hydrogens is 308 g/mol. The molecule has 20 heavy (non-hydrogen) atoms. The molecule has 0 atom stereocenters. The van der Waals surface area contributed by atoms with Gasteiger partial charge < -0.3 is 4.84 Å². The van der Waals surface area contributed by atoms with E-state index in [4.69, 9.17) is 16.4 Å². The van der Waals surface area contributed by atoms with E-state index in [9.17, 15) is 8.78 Å². The molecule has 1 aromatic rings. The molecule has 0 bridgehead atoms. The van der Waals surface area contributed by atoms with Crippen LogP contribution in [0.15, 0.2) is 5.16 Å². The number of hydrogen-bond acceptors (Lipinski definition) is 4. The van der Waals surface area contributed by atoms with Gasteiger partial charge in [0.05, 0.1) is 0 Å². The largest absolute Gasteiger partial charge is 0.389 e. The molecule has 0 N–H and O–H groups in total. The molecule has 0 spiro atoms. The molecule has 8 heteroatoms. The monoisotopic (exact) mass is 323 g/mol. The molecule has 2 rings (SSSR count). The van der Waals surface area contributed by atoms with Gasteiger partial charge >= 0.3 is 0 Å². The predicted octanol–water partition coefficient (Wildman–Crippen LogP) is 4.24. The Bertz CT molecular complexity index is 531. The summed E-state index contributed by atoms with van der Waals surface area (Å²) in [6.07, 6.45) is -1.93. The molecule has 0 radical (unpaired) electrons. The molecular formula is C12H16ClF2N3OS. The van der Waals surface area contributed by atoms with E-state index in [-0.39, 0.29) is 16.4 Å². The van der Waals surface area contributed by atoms with E-state index in [1.54, 1.807) is 6.92 Å². The number of aromatic nitrogens is 2. The Morgan fingerprint density at radius 3 is 2.70 bits per heavy atom. The van der Waals surface area contributed by atoms with Crippen LogP contribution in [0, 0.1) is 0 Å². The lowest BCUT2D eigenvalue weighted by molar-refractivity contribution is 0.0123. The zero-order chi connectivity index (χ0) is 14.9. The van der Waals surface area contributed by atoms with Gasteiger partial charge in [-0.3, -0.25) is 4.68 Å². The summed E-state index contributed by atoms with van der Waals surface area (Å²) in [6, 6.07) is 0. The lowest BCUT2D eigenvalue weighted by Crippen LogP contribution is -2.18. The van der Waals surface area contributed by atoms with Gasteiger partial charge in [0.15, 0.2) is 5.15 Å². The molecule has 2 heterocycles. The highest BCUT2D eigenvalue weighted by Crippen LogP contribution is 2.34. The van der Waals surface area contributed by atoms with Crippen molar-refractivity contribution < 1.29 is 13.6 Å². The third kappa shape index (κ3) is 3.25. The average Bonchev–Trinajstić information content (AvgIpc) is 2.86. The highest BCUT2D eigenvalue weighted by molar-refractivity contribution is 8.13. The summed E-state index contributed by atoms with van der Waals surface area (Å²) in [5, 5.41) is 8.82. The third-order valence-electron chi connectivity index (χ3n) is 2.91. The first kappa shape index (κ1) is 15.6. The van der Waals surface area contributed by atoms with Crippen LogP contribution < -0.4 is 0 Å². The van der Waals surface area contributed by atoms with E-state index in [1.165, 1.54) is 16.4 Å². The Labute approximate surface area is 125 Å². The van der Waals surface area contributed by atoms with E-state index in [2.05, 4.69) is 10.3 Å². The second kappa shape index (κ2) is 5.89. The molecule has 112 valence electrons. The van der Waals surface area contributed by atoms with Crippen molar-refractivity contribution in [3.63, 3.8) is 0 Å². The van der Waals surface area contributed by atoms with Crippen LogP contribution in [0.1, 0.15) is 44.9 Å². The Morgan fingerprint density at radius 2 is 2.20 bits per heavy atom. The van der Waals surface area contributed by atoms with E-state index >= 15 is 0 Å². The molecule has 1 aromatic heterocycles. The zero-order valence-electron chi connectivity index (χ0n) is 11.5. The molecule has 1 aliphatic heterocycles. The summed E-state index contributed by atoms with van der Waals surface area (Å²) in [5.74, 6) is 0.316. The van der Waals surface area contributed by atoms with Gasteiger partial charge in [-0.25, -0.2) is 8.78 Å². The predicted molar refractivity (Wildman–Crippen MR) is 76.4 cm³/mol. The Kier molecular flexibility index (Phi) is 4.59. The average molecular weight is 324 g/mol. The third-order valence-corrected chi connectivity index (χ3v) is 4.19. The lowest BCUT2D eigenvalue weighted by atomic mass is 10.1. The number of oxime groups is 1. The van der Waals surface area contributed by atoms with Crippen molar-refractivity contribution in [3.05, 3.63) is 16.4 Å². The van der Waals surface area contributed by atoms with E-state index in [1.807, 2.05) is 13.8 Å². The van der Waals surface area contributed by atoms with Crippen LogP contribution in [-0.4, -0.2) is 20.4 Å². The maximum absolute atomic E-state index is 13.1. The van der Waals surface area contributed by atoms with Crippen LogP contribution in [0.25, 0.3) is 0 Å². The van der Waals surface area contributed by atoms with Crippen molar-refractivity contribution in [3.8, 4) is 0 Å². The van der Waals surface area contributed by atoms with Gasteiger partial charge in [-0.15, -0.1) is 11.8 Å². The summed E-state index contributed by atoms with van der Waals surface area (Å²) in [4.78, 5) is 5.24. The number of aryl methyl sites for hydroxylation is 1. The molecule has 0 amide bonds. The van der Waals surface area contributed by atoms with E-state index < -0.39 is 6.43 Å². The normalized spacial score (nSPS) is 17.4. The molecule has 0 saturated carbocycles. The van der Waals surface area contributed by atoms with Crippen molar-refractivity contribution in [1.29, 1.82) is 0 Å². The fourth-order valence-corrected chi connectivity index (χ4v) is 3.41. The maximum Gasteiger partial charge on any atom is 0.280 e. The first-order valence-electron chi connectivity index (χ1n) is 6.25. The molecule has 0 saturated heterocycles. The zero-order valence-corrected chi connectivity index (χ0v) is 13.1. The van der Waals surface area contributed by atoms with E-state index in [0.717, 1.165) is 5.04 Å². The van der Waals surface area contributed by atoms with Crippen LogP contribution in [0.2, 0.25) is 5.15 Å². The van der Waals surface area contributed by atoms with Gasteiger partial charge in [0.2, 0.25) is 0 Å².